The molecule has 18 heavy (non-hydrogen) atoms. The third-order valence-electron chi connectivity index (χ3n) is 2.67. The Labute approximate surface area is 107 Å². The molecule has 0 aromatic carbocycles. The highest BCUT2D eigenvalue weighted by Gasteiger charge is 2.22. The molecule has 7 heteroatoms. The van der Waals surface area contributed by atoms with Gasteiger partial charge in [0.05, 0.1) is 13.2 Å². The fourth-order valence-electron chi connectivity index (χ4n) is 1.75. The second kappa shape index (κ2) is 4.87. The van der Waals surface area contributed by atoms with Crippen molar-refractivity contribution in [3.05, 3.63) is 23.3 Å². The van der Waals surface area contributed by atoms with E-state index >= 15 is 0 Å². The van der Waals surface area contributed by atoms with E-state index in [0.717, 1.165) is 5.01 Å². The van der Waals surface area contributed by atoms with E-state index in [1.807, 2.05) is 5.38 Å². The zero-order valence-corrected chi connectivity index (χ0v) is 10.4. The molecule has 0 aliphatic carbocycles. The van der Waals surface area contributed by atoms with Crippen LogP contribution in [-0.4, -0.2) is 47.3 Å². The Morgan fingerprint density at radius 2 is 2.22 bits per heavy atom. The van der Waals surface area contributed by atoms with Gasteiger partial charge in [-0.15, -0.1) is 11.3 Å². The summed E-state index contributed by atoms with van der Waals surface area (Å²) in [5.74, 6) is 0.409. The number of hydrogen-bond acceptors (Lipinski definition) is 6. The van der Waals surface area contributed by atoms with Crippen molar-refractivity contribution in [1.29, 1.82) is 0 Å². The van der Waals surface area contributed by atoms with Crippen LogP contribution in [0.5, 0.6) is 0 Å². The number of aromatic nitrogens is 2. The van der Waals surface area contributed by atoms with Crippen molar-refractivity contribution in [3.8, 4) is 10.8 Å². The van der Waals surface area contributed by atoms with Crippen LogP contribution in [-0.2, 0) is 4.74 Å². The molecular weight excluding hydrogens is 254 g/mol. The number of nitrogens with zero attached hydrogens (tertiary/aromatic N) is 3. The van der Waals surface area contributed by atoms with Crippen LogP contribution in [0.2, 0.25) is 0 Å². The van der Waals surface area contributed by atoms with E-state index in [9.17, 15) is 4.79 Å². The van der Waals surface area contributed by atoms with Crippen molar-refractivity contribution in [2.45, 2.75) is 0 Å². The lowest BCUT2D eigenvalue weighted by Gasteiger charge is -2.25. The summed E-state index contributed by atoms with van der Waals surface area (Å²) in [5.41, 5.74) is 0.321. The second-order valence-electron chi connectivity index (χ2n) is 3.82. The van der Waals surface area contributed by atoms with Gasteiger partial charge in [0.15, 0.2) is 16.5 Å². The predicted molar refractivity (Wildman–Crippen MR) is 64.3 cm³/mol. The Morgan fingerprint density at radius 1 is 1.39 bits per heavy atom. The maximum Gasteiger partial charge on any atom is 0.276 e. The van der Waals surface area contributed by atoms with Crippen molar-refractivity contribution in [3.63, 3.8) is 0 Å². The highest BCUT2D eigenvalue weighted by Crippen LogP contribution is 2.22. The molecule has 0 unspecified atom stereocenters. The van der Waals surface area contributed by atoms with E-state index in [1.54, 1.807) is 17.2 Å². The van der Waals surface area contributed by atoms with Crippen LogP contribution in [0, 0.1) is 0 Å². The van der Waals surface area contributed by atoms with Crippen LogP contribution < -0.4 is 0 Å². The molecular formula is C11H11N3O3S. The highest BCUT2D eigenvalue weighted by atomic mass is 32.1. The van der Waals surface area contributed by atoms with Crippen LogP contribution in [0.1, 0.15) is 10.5 Å². The van der Waals surface area contributed by atoms with E-state index < -0.39 is 0 Å². The molecule has 0 atom stereocenters. The van der Waals surface area contributed by atoms with Crippen molar-refractivity contribution >= 4 is 17.2 Å². The molecule has 3 heterocycles. The smallest absolute Gasteiger partial charge is 0.276 e. The van der Waals surface area contributed by atoms with Crippen molar-refractivity contribution < 1.29 is 14.1 Å². The molecule has 1 aliphatic heterocycles. The lowest BCUT2D eigenvalue weighted by Crippen LogP contribution is -2.40. The summed E-state index contributed by atoms with van der Waals surface area (Å²) in [6.45, 7) is 2.34. The van der Waals surface area contributed by atoms with E-state index in [1.165, 1.54) is 11.3 Å². The van der Waals surface area contributed by atoms with Gasteiger partial charge in [0.25, 0.3) is 5.91 Å². The molecule has 0 N–H and O–H groups in total. The predicted octanol–water partition coefficient (Wildman–Crippen LogP) is 1.27. The number of ether oxygens (including phenoxy) is 1. The van der Waals surface area contributed by atoms with Crippen molar-refractivity contribution in [2.75, 3.05) is 26.3 Å². The summed E-state index contributed by atoms with van der Waals surface area (Å²) in [6.07, 6.45) is 1.69. The third-order valence-corrected chi connectivity index (χ3v) is 3.46. The first kappa shape index (κ1) is 11.4. The normalized spacial score (nSPS) is 15.9. The number of thiazole rings is 1. The first-order valence-corrected chi connectivity index (χ1v) is 6.46. The minimum atomic E-state index is -0.121. The van der Waals surface area contributed by atoms with Gasteiger partial charge in [0.2, 0.25) is 0 Å². The van der Waals surface area contributed by atoms with Gasteiger partial charge in [-0.2, -0.15) is 0 Å². The van der Waals surface area contributed by atoms with Crippen LogP contribution in [0.3, 0.4) is 0 Å². The van der Waals surface area contributed by atoms with E-state index in [4.69, 9.17) is 9.26 Å². The fourth-order valence-corrected chi connectivity index (χ4v) is 2.34. The average molecular weight is 265 g/mol. The van der Waals surface area contributed by atoms with E-state index in [-0.39, 0.29) is 5.91 Å². The van der Waals surface area contributed by atoms with Gasteiger partial charge >= 0.3 is 0 Å². The first-order valence-electron chi connectivity index (χ1n) is 5.58. The Bertz CT molecular complexity index is 531. The minimum absolute atomic E-state index is 0.121. The quantitative estimate of drug-likeness (QED) is 0.818. The zero-order valence-electron chi connectivity index (χ0n) is 9.54. The summed E-state index contributed by atoms with van der Waals surface area (Å²) in [5, 5.41) is 6.38. The summed E-state index contributed by atoms with van der Waals surface area (Å²) < 4.78 is 10.3. The summed E-state index contributed by atoms with van der Waals surface area (Å²) in [6, 6.07) is 1.64. The van der Waals surface area contributed by atoms with Gasteiger partial charge in [0, 0.05) is 30.7 Å². The minimum Gasteiger partial charge on any atom is -0.378 e. The molecule has 1 amide bonds. The van der Waals surface area contributed by atoms with Crippen LogP contribution >= 0.6 is 11.3 Å². The molecule has 2 aromatic heterocycles. The summed E-state index contributed by atoms with van der Waals surface area (Å²) in [7, 11) is 0. The molecule has 0 spiro atoms. The van der Waals surface area contributed by atoms with E-state index in [2.05, 4.69) is 10.1 Å². The van der Waals surface area contributed by atoms with Gasteiger partial charge in [-0.25, -0.2) is 4.98 Å². The molecule has 2 aromatic rings. The van der Waals surface area contributed by atoms with Gasteiger partial charge in [-0.1, -0.05) is 5.16 Å². The molecule has 1 saturated heterocycles. The van der Waals surface area contributed by atoms with Gasteiger partial charge in [-0.3, -0.25) is 4.79 Å². The molecule has 0 saturated carbocycles. The number of rotatable bonds is 2. The summed E-state index contributed by atoms with van der Waals surface area (Å²) >= 11 is 1.45. The largest absolute Gasteiger partial charge is 0.378 e. The zero-order chi connectivity index (χ0) is 12.4. The second-order valence-corrected chi connectivity index (χ2v) is 4.71. The molecule has 1 fully saturated rings. The van der Waals surface area contributed by atoms with Gasteiger partial charge in [-0.05, 0) is 0 Å². The van der Waals surface area contributed by atoms with E-state index in [0.29, 0.717) is 37.8 Å². The highest BCUT2D eigenvalue weighted by molar-refractivity contribution is 7.13. The monoisotopic (exact) mass is 265 g/mol. The third kappa shape index (κ3) is 2.14. The number of morpholine rings is 1. The Balaban J connectivity index is 1.78. The van der Waals surface area contributed by atoms with Crippen LogP contribution in [0.4, 0.5) is 0 Å². The van der Waals surface area contributed by atoms with Crippen LogP contribution in [0.15, 0.2) is 22.2 Å². The topological polar surface area (TPSA) is 68.5 Å². The van der Waals surface area contributed by atoms with Crippen molar-refractivity contribution in [1.82, 2.24) is 15.0 Å². The van der Waals surface area contributed by atoms with Gasteiger partial charge in [0.1, 0.15) is 0 Å². The SMILES string of the molecule is O=C(c1cc(-c2nccs2)on1)N1CCOCC1. The van der Waals surface area contributed by atoms with Gasteiger partial charge < -0.3 is 14.2 Å². The molecule has 0 radical (unpaired) electrons. The lowest BCUT2D eigenvalue weighted by atomic mass is 10.3. The molecule has 94 valence electrons. The number of carbonyl (C=O) groups excluding carboxylic acids is 1. The van der Waals surface area contributed by atoms with Crippen molar-refractivity contribution in [2.24, 2.45) is 0 Å². The Hall–Kier alpha value is -1.73. The first-order chi connectivity index (χ1) is 8.84. The molecule has 6 nitrogen and oxygen atoms in total. The average Bonchev–Trinajstić information content (AvgIpc) is 3.09. The maximum absolute atomic E-state index is 12.1. The molecule has 0 bridgehead atoms. The summed E-state index contributed by atoms with van der Waals surface area (Å²) in [4.78, 5) is 17.9. The molecule has 3 rings (SSSR count). The lowest BCUT2D eigenvalue weighted by molar-refractivity contribution is 0.0296. The maximum atomic E-state index is 12.1. The molecule has 1 aliphatic rings. The Morgan fingerprint density at radius 3 is 2.94 bits per heavy atom. The number of carbonyl (C=O) groups is 1. The van der Waals surface area contributed by atoms with Crippen LogP contribution in [0.25, 0.3) is 10.8 Å². The standard InChI is InChI=1S/C11H11N3O3S/c15-11(14-2-4-16-5-3-14)8-7-9(17-13-8)10-12-1-6-18-10/h1,6-7H,2-5H2. The fraction of sp³-hybridized carbons (Fsp3) is 0.364. The number of hydrogen-bond donors (Lipinski definition) is 0. The Kier molecular flexibility index (Phi) is 3.07. The number of amides is 1.